The Kier molecular flexibility index (Phi) is 6.42. The lowest BCUT2D eigenvalue weighted by molar-refractivity contribution is -0.135. The summed E-state index contributed by atoms with van der Waals surface area (Å²) >= 11 is 0. The average molecular weight is 347 g/mol. The van der Waals surface area contributed by atoms with Gasteiger partial charge in [0.2, 0.25) is 5.91 Å². The van der Waals surface area contributed by atoms with Crippen LogP contribution >= 0.6 is 0 Å². The lowest BCUT2D eigenvalue weighted by Gasteiger charge is -2.26. The Morgan fingerprint density at radius 1 is 1.32 bits per heavy atom. The van der Waals surface area contributed by atoms with Crippen LogP contribution in [0.25, 0.3) is 0 Å². The fourth-order valence-corrected chi connectivity index (χ4v) is 3.39. The van der Waals surface area contributed by atoms with Crippen molar-refractivity contribution < 1.29 is 14.3 Å². The molecule has 0 aliphatic carbocycles. The molecule has 1 N–H and O–H groups in total. The number of carbonyl (C=O) groups is 2. The predicted molar refractivity (Wildman–Crippen MR) is 97.9 cm³/mol. The van der Waals surface area contributed by atoms with E-state index in [1.807, 2.05) is 49.8 Å². The molecule has 0 aromatic heterocycles. The summed E-state index contributed by atoms with van der Waals surface area (Å²) in [5.74, 6) is 0.544. The van der Waals surface area contributed by atoms with Crippen molar-refractivity contribution in [2.45, 2.75) is 39.3 Å². The zero-order chi connectivity index (χ0) is 18.6. The Bertz CT molecular complexity index is 628. The van der Waals surface area contributed by atoms with E-state index in [0.717, 1.165) is 5.56 Å². The molecular formula is C19H29N3O3. The summed E-state index contributed by atoms with van der Waals surface area (Å²) in [5.41, 5.74) is 1.56. The number of aryl methyl sites for hydroxylation is 1. The van der Waals surface area contributed by atoms with Gasteiger partial charge in [0.15, 0.2) is 0 Å². The summed E-state index contributed by atoms with van der Waals surface area (Å²) in [4.78, 5) is 29.1. The Morgan fingerprint density at radius 3 is 2.60 bits per heavy atom. The summed E-state index contributed by atoms with van der Waals surface area (Å²) in [5, 5.41) is 3.05. The lowest BCUT2D eigenvalue weighted by Crippen LogP contribution is -2.44. The molecule has 1 aromatic rings. The quantitative estimate of drug-likeness (QED) is 0.850. The standard InChI is InChI=1S/C19H29N3O3/c1-6-22(7-2)19(24)16-11-14(12-21(16)4)20-18(23)15-9-8-13(3)10-17(15)25-5/h8-10,14,16H,6-7,11-12H2,1-5H3,(H,20,23)/t14-,16+/m1/s1. The second kappa shape index (κ2) is 8.34. The monoisotopic (exact) mass is 347 g/mol. The van der Waals surface area contributed by atoms with Crippen molar-refractivity contribution >= 4 is 11.8 Å². The SMILES string of the molecule is CCN(CC)C(=O)[C@@H]1C[C@@H](NC(=O)c2ccc(C)cc2OC)CN1C. The van der Waals surface area contributed by atoms with E-state index in [9.17, 15) is 9.59 Å². The molecule has 0 spiro atoms. The van der Waals surface area contributed by atoms with Gasteiger partial charge >= 0.3 is 0 Å². The van der Waals surface area contributed by atoms with Gasteiger partial charge in [0.1, 0.15) is 5.75 Å². The molecule has 0 saturated carbocycles. The van der Waals surface area contributed by atoms with E-state index in [4.69, 9.17) is 4.74 Å². The number of ether oxygens (including phenoxy) is 1. The van der Waals surface area contributed by atoms with E-state index in [0.29, 0.717) is 37.4 Å². The number of rotatable bonds is 6. The van der Waals surface area contributed by atoms with Gasteiger partial charge in [-0.05, 0) is 51.9 Å². The van der Waals surface area contributed by atoms with E-state index in [-0.39, 0.29) is 23.9 Å². The molecule has 1 aliphatic rings. The van der Waals surface area contributed by atoms with Crippen molar-refractivity contribution in [3.8, 4) is 5.75 Å². The van der Waals surface area contributed by atoms with Crippen LogP contribution < -0.4 is 10.1 Å². The first-order valence-electron chi connectivity index (χ1n) is 8.85. The second-order valence-corrected chi connectivity index (χ2v) is 6.58. The molecule has 1 fully saturated rings. The minimum absolute atomic E-state index is 0.0481. The third-order valence-electron chi connectivity index (χ3n) is 4.85. The number of nitrogens with zero attached hydrogens (tertiary/aromatic N) is 2. The molecule has 1 heterocycles. The number of benzene rings is 1. The number of hydrogen-bond donors (Lipinski definition) is 1. The minimum Gasteiger partial charge on any atom is -0.496 e. The van der Waals surface area contributed by atoms with Crippen LogP contribution in [0, 0.1) is 6.92 Å². The van der Waals surface area contributed by atoms with Gasteiger partial charge in [0, 0.05) is 25.7 Å². The molecule has 6 nitrogen and oxygen atoms in total. The van der Waals surface area contributed by atoms with Gasteiger partial charge in [-0.3, -0.25) is 14.5 Å². The summed E-state index contributed by atoms with van der Waals surface area (Å²) in [6.45, 7) is 8.00. The third-order valence-corrected chi connectivity index (χ3v) is 4.85. The smallest absolute Gasteiger partial charge is 0.255 e. The molecule has 1 saturated heterocycles. The first-order valence-corrected chi connectivity index (χ1v) is 8.85. The fourth-order valence-electron chi connectivity index (χ4n) is 3.39. The van der Waals surface area contributed by atoms with Crippen LogP contribution in [0.2, 0.25) is 0 Å². The van der Waals surface area contributed by atoms with Crippen LogP contribution in [-0.4, -0.2) is 67.5 Å². The zero-order valence-corrected chi connectivity index (χ0v) is 15.8. The predicted octanol–water partition coefficient (Wildman–Crippen LogP) is 1.67. The number of hydrogen-bond acceptors (Lipinski definition) is 4. The lowest BCUT2D eigenvalue weighted by atomic mass is 10.1. The van der Waals surface area contributed by atoms with Crippen LogP contribution in [0.3, 0.4) is 0 Å². The Balaban J connectivity index is 2.05. The van der Waals surface area contributed by atoms with Gasteiger partial charge in [-0.2, -0.15) is 0 Å². The van der Waals surface area contributed by atoms with E-state index in [1.165, 1.54) is 0 Å². The van der Waals surface area contributed by atoms with Gasteiger partial charge in [-0.1, -0.05) is 6.07 Å². The Labute approximate surface area is 150 Å². The number of nitrogens with one attached hydrogen (secondary N) is 1. The molecule has 138 valence electrons. The average Bonchev–Trinajstić information content (AvgIpc) is 2.95. The molecule has 1 aromatic carbocycles. The number of carbonyl (C=O) groups excluding carboxylic acids is 2. The molecule has 0 unspecified atom stereocenters. The summed E-state index contributed by atoms with van der Waals surface area (Å²) in [6, 6.07) is 5.30. The van der Waals surface area contributed by atoms with E-state index in [2.05, 4.69) is 5.32 Å². The van der Waals surface area contributed by atoms with Gasteiger partial charge in [0.25, 0.3) is 5.91 Å². The van der Waals surface area contributed by atoms with Crippen molar-refractivity contribution in [3.63, 3.8) is 0 Å². The first kappa shape index (κ1) is 19.2. The van der Waals surface area contributed by atoms with Crippen molar-refractivity contribution in [3.05, 3.63) is 29.3 Å². The van der Waals surface area contributed by atoms with Gasteiger partial charge < -0.3 is 15.0 Å². The molecule has 0 bridgehead atoms. The molecule has 2 atom stereocenters. The largest absolute Gasteiger partial charge is 0.496 e. The van der Waals surface area contributed by atoms with E-state index >= 15 is 0 Å². The van der Waals surface area contributed by atoms with Crippen molar-refractivity contribution in [2.24, 2.45) is 0 Å². The van der Waals surface area contributed by atoms with Crippen molar-refractivity contribution in [1.82, 2.24) is 15.1 Å². The number of methoxy groups -OCH3 is 1. The van der Waals surface area contributed by atoms with Gasteiger partial charge in [-0.15, -0.1) is 0 Å². The van der Waals surface area contributed by atoms with Crippen LogP contribution in [0.4, 0.5) is 0 Å². The topological polar surface area (TPSA) is 61.9 Å². The molecule has 2 amide bonds. The Hall–Kier alpha value is -2.08. The zero-order valence-electron chi connectivity index (χ0n) is 15.8. The maximum absolute atomic E-state index is 12.6. The second-order valence-electron chi connectivity index (χ2n) is 6.58. The molecule has 25 heavy (non-hydrogen) atoms. The minimum atomic E-state index is -0.176. The van der Waals surface area contributed by atoms with Crippen molar-refractivity contribution in [1.29, 1.82) is 0 Å². The highest BCUT2D eigenvalue weighted by Gasteiger charge is 2.37. The van der Waals surface area contributed by atoms with Gasteiger partial charge in [0.05, 0.1) is 18.7 Å². The molecule has 6 heteroatoms. The Morgan fingerprint density at radius 2 is 2.00 bits per heavy atom. The summed E-state index contributed by atoms with van der Waals surface area (Å²) in [6.07, 6.45) is 0.631. The van der Waals surface area contributed by atoms with Gasteiger partial charge in [-0.25, -0.2) is 0 Å². The van der Waals surface area contributed by atoms with E-state index < -0.39 is 0 Å². The van der Waals surface area contributed by atoms with Crippen LogP contribution in [0.5, 0.6) is 5.75 Å². The molecule has 1 aliphatic heterocycles. The maximum Gasteiger partial charge on any atom is 0.255 e. The number of likely N-dealkylation sites (N-methyl/N-ethyl adjacent to an activating group) is 2. The highest BCUT2D eigenvalue weighted by molar-refractivity contribution is 5.97. The van der Waals surface area contributed by atoms with Crippen molar-refractivity contribution in [2.75, 3.05) is 33.8 Å². The number of likely N-dealkylation sites (tertiary alicyclic amines) is 1. The highest BCUT2D eigenvalue weighted by atomic mass is 16.5. The fraction of sp³-hybridized carbons (Fsp3) is 0.579. The first-order chi connectivity index (χ1) is 11.9. The normalized spacial score (nSPS) is 20.4. The van der Waals surface area contributed by atoms with Crippen LogP contribution in [0.15, 0.2) is 18.2 Å². The summed E-state index contributed by atoms with van der Waals surface area (Å²) < 4.78 is 5.32. The molecule has 2 rings (SSSR count). The van der Waals surface area contributed by atoms with E-state index in [1.54, 1.807) is 13.2 Å². The number of amides is 2. The molecular weight excluding hydrogens is 318 g/mol. The molecule has 0 radical (unpaired) electrons. The highest BCUT2D eigenvalue weighted by Crippen LogP contribution is 2.22. The van der Waals surface area contributed by atoms with Crippen LogP contribution in [-0.2, 0) is 4.79 Å². The maximum atomic E-state index is 12.6. The third kappa shape index (κ3) is 4.31. The van der Waals surface area contributed by atoms with Crippen LogP contribution in [0.1, 0.15) is 36.2 Å². The summed E-state index contributed by atoms with van der Waals surface area (Å²) in [7, 11) is 3.50.